The number of nitrogens with one attached hydrogen (secondary N) is 2. The highest BCUT2D eigenvalue weighted by Gasteiger charge is 2.33. The van der Waals surface area contributed by atoms with E-state index in [4.69, 9.17) is 32.7 Å². The molecule has 3 heterocycles. The summed E-state index contributed by atoms with van der Waals surface area (Å²) in [6.45, 7) is 4.19. The Balaban J connectivity index is 1.77. The van der Waals surface area contributed by atoms with Gasteiger partial charge in [0.25, 0.3) is 5.91 Å². The highest BCUT2D eigenvalue weighted by Crippen LogP contribution is 2.30. The number of halogens is 2. The minimum Gasteiger partial charge on any atom is -0.462 e. The first kappa shape index (κ1) is 24.7. The molecular weight excluding hydrogens is 477 g/mol. The number of amides is 1. The molecule has 0 unspecified atom stereocenters. The van der Waals surface area contributed by atoms with E-state index in [-0.39, 0.29) is 28.9 Å². The van der Waals surface area contributed by atoms with Crippen molar-refractivity contribution in [1.29, 1.82) is 0 Å². The Kier molecular flexibility index (Phi) is 7.77. The number of hydrogen-bond donors (Lipinski definition) is 2. The van der Waals surface area contributed by atoms with E-state index in [1.807, 2.05) is 4.90 Å². The summed E-state index contributed by atoms with van der Waals surface area (Å²) in [5.74, 6) is -0.839. The molecule has 2 aromatic rings. The second-order valence-electron chi connectivity index (χ2n) is 7.38. The quantitative estimate of drug-likeness (QED) is 0.336. The number of esters is 1. The average Bonchev–Trinajstić information content (AvgIpc) is 3.06. The van der Waals surface area contributed by atoms with E-state index < -0.39 is 28.6 Å². The van der Waals surface area contributed by atoms with E-state index >= 15 is 0 Å². The van der Waals surface area contributed by atoms with Gasteiger partial charge in [0.1, 0.15) is 23.3 Å². The minimum atomic E-state index is -0.796. The molecule has 33 heavy (non-hydrogen) atoms. The minimum absolute atomic E-state index is 0.0834. The molecule has 0 aromatic carbocycles. The van der Waals surface area contributed by atoms with Crippen LogP contribution in [0.4, 0.5) is 11.5 Å². The highest BCUT2D eigenvalue weighted by molar-refractivity contribution is 6.44. The predicted molar refractivity (Wildman–Crippen MR) is 121 cm³/mol. The molecule has 1 aliphatic rings. The number of hydrogen-bond acceptors (Lipinski definition) is 8. The van der Waals surface area contributed by atoms with Gasteiger partial charge in [-0.25, -0.2) is 9.78 Å². The van der Waals surface area contributed by atoms with E-state index in [9.17, 15) is 19.7 Å². The van der Waals surface area contributed by atoms with Crippen LogP contribution in [0.25, 0.3) is 0 Å². The summed E-state index contributed by atoms with van der Waals surface area (Å²) in [6, 6.07) is 1.00. The van der Waals surface area contributed by atoms with Gasteiger partial charge >= 0.3 is 11.7 Å². The molecular formula is C20H23Cl2N5O6. The number of H-pyrrole nitrogens is 1. The standard InChI is InChI=1S/C20H23Cl2N5O6/c1-4-33-20(29)11-7-15(23-8-13(11)27(30)31)26-6-5-12(14(9-26)32-3)25-19(28)18-17(22)16(21)10(2)24-18/h7-8,12,14,24H,4-6,9H2,1-3H3,(H,25,28)/t12-,14+/m0/s1. The molecule has 2 aromatic heterocycles. The fraction of sp³-hybridized carbons (Fsp3) is 0.450. The normalized spacial score (nSPS) is 18.2. The molecule has 1 saturated heterocycles. The number of ether oxygens (including phenoxy) is 2. The van der Waals surface area contributed by atoms with Gasteiger partial charge in [-0.05, 0) is 20.3 Å². The maximum Gasteiger partial charge on any atom is 0.345 e. The van der Waals surface area contributed by atoms with Gasteiger partial charge < -0.3 is 24.7 Å². The summed E-state index contributed by atoms with van der Waals surface area (Å²) in [5, 5.41) is 14.6. The predicted octanol–water partition coefficient (Wildman–Crippen LogP) is 3.13. The molecule has 0 bridgehead atoms. The summed E-state index contributed by atoms with van der Waals surface area (Å²) >= 11 is 12.2. The molecule has 2 atom stereocenters. The van der Waals surface area contributed by atoms with Crippen molar-refractivity contribution in [3.05, 3.63) is 49.4 Å². The molecule has 0 radical (unpaired) electrons. The number of nitro groups is 1. The second kappa shape index (κ2) is 10.4. The maximum atomic E-state index is 12.7. The SMILES string of the molecule is CCOC(=O)c1cc(N2CC[C@H](NC(=O)c3[nH]c(C)c(Cl)c3Cl)[C@H](OC)C2)ncc1[N+](=O)[O-]. The van der Waals surface area contributed by atoms with Crippen molar-refractivity contribution in [3.63, 3.8) is 0 Å². The molecule has 0 aliphatic carbocycles. The van der Waals surface area contributed by atoms with Crippen molar-refractivity contribution in [2.45, 2.75) is 32.4 Å². The lowest BCUT2D eigenvalue weighted by Gasteiger charge is -2.38. The third-order valence-electron chi connectivity index (χ3n) is 5.34. The van der Waals surface area contributed by atoms with Crippen LogP contribution in [0.5, 0.6) is 0 Å². The van der Waals surface area contributed by atoms with Crippen LogP contribution in [-0.4, -0.2) is 65.7 Å². The summed E-state index contributed by atoms with van der Waals surface area (Å²) in [7, 11) is 1.52. The van der Waals surface area contributed by atoms with Gasteiger partial charge in [-0.15, -0.1) is 0 Å². The van der Waals surface area contributed by atoms with E-state index in [0.717, 1.165) is 6.20 Å². The number of aromatic amines is 1. The number of aromatic nitrogens is 2. The fourth-order valence-electron chi connectivity index (χ4n) is 3.63. The van der Waals surface area contributed by atoms with Crippen LogP contribution in [0.1, 0.15) is 39.9 Å². The van der Waals surface area contributed by atoms with Crippen molar-refractivity contribution in [3.8, 4) is 0 Å². The van der Waals surface area contributed by atoms with Crippen LogP contribution in [0.3, 0.4) is 0 Å². The Morgan fingerprint density at radius 2 is 2.12 bits per heavy atom. The summed E-state index contributed by atoms with van der Waals surface area (Å²) in [5.41, 5.74) is 0.156. The summed E-state index contributed by atoms with van der Waals surface area (Å²) in [4.78, 5) is 44.4. The van der Waals surface area contributed by atoms with Gasteiger partial charge in [0.2, 0.25) is 0 Å². The Labute approximate surface area is 199 Å². The van der Waals surface area contributed by atoms with E-state index in [1.54, 1.807) is 13.8 Å². The Morgan fingerprint density at radius 3 is 2.70 bits per heavy atom. The second-order valence-corrected chi connectivity index (χ2v) is 8.13. The van der Waals surface area contributed by atoms with Crippen molar-refractivity contribution >= 4 is 46.6 Å². The fourth-order valence-corrected chi connectivity index (χ4v) is 4.04. The number of aryl methyl sites for hydroxylation is 1. The lowest BCUT2D eigenvalue weighted by Crippen LogP contribution is -2.55. The highest BCUT2D eigenvalue weighted by atomic mass is 35.5. The van der Waals surface area contributed by atoms with Crippen LogP contribution in [0.2, 0.25) is 10.0 Å². The molecule has 0 spiro atoms. The zero-order valence-electron chi connectivity index (χ0n) is 18.2. The Morgan fingerprint density at radius 1 is 1.39 bits per heavy atom. The van der Waals surface area contributed by atoms with Crippen molar-refractivity contribution in [1.82, 2.24) is 15.3 Å². The number of pyridine rings is 1. The van der Waals surface area contributed by atoms with Crippen LogP contribution in [0, 0.1) is 17.0 Å². The maximum absolute atomic E-state index is 12.7. The van der Waals surface area contributed by atoms with Crippen LogP contribution < -0.4 is 10.2 Å². The molecule has 13 heteroatoms. The molecule has 11 nitrogen and oxygen atoms in total. The first-order chi connectivity index (χ1) is 15.7. The molecule has 2 N–H and O–H groups in total. The number of carbonyl (C=O) groups excluding carboxylic acids is 2. The molecule has 1 fully saturated rings. The lowest BCUT2D eigenvalue weighted by atomic mass is 10.0. The van der Waals surface area contributed by atoms with E-state index in [1.165, 1.54) is 13.2 Å². The van der Waals surface area contributed by atoms with Gasteiger partial charge in [0, 0.05) is 32.0 Å². The van der Waals surface area contributed by atoms with Crippen LogP contribution in [0.15, 0.2) is 12.3 Å². The summed E-state index contributed by atoms with van der Waals surface area (Å²) < 4.78 is 10.5. The average molecular weight is 500 g/mol. The molecule has 3 rings (SSSR count). The summed E-state index contributed by atoms with van der Waals surface area (Å²) in [6.07, 6.45) is 1.11. The van der Waals surface area contributed by atoms with Crippen LogP contribution in [-0.2, 0) is 9.47 Å². The first-order valence-electron chi connectivity index (χ1n) is 10.1. The zero-order chi connectivity index (χ0) is 24.3. The number of carbonyl (C=O) groups is 2. The van der Waals surface area contributed by atoms with Gasteiger partial charge in [-0.3, -0.25) is 14.9 Å². The molecule has 0 saturated carbocycles. The monoisotopic (exact) mass is 499 g/mol. The number of anilines is 1. The van der Waals surface area contributed by atoms with Gasteiger partial charge in [-0.2, -0.15) is 0 Å². The third-order valence-corrected chi connectivity index (χ3v) is 6.29. The van der Waals surface area contributed by atoms with E-state index in [2.05, 4.69) is 15.3 Å². The van der Waals surface area contributed by atoms with Gasteiger partial charge in [0.05, 0.1) is 33.7 Å². The van der Waals surface area contributed by atoms with Crippen molar-refractivity contribution < 1.29 is 24.0 Å². The lowest BCUT2D eigenvalue weighted by molar-refractivity contribution is -0.385. The first-order valence-corrected chi connectivity index (χ1v) is 10.9. The van der Waals surface area contributed by atoms with Crippen molar-refractivity contribution in [2.75, 3.05) is 31.7 Å². The van der Waals surface area contributed by atoms with Crippen molar-refractivity contribution in [2.24, 2.45) is 0 Å². The van der Waals surface area contributed by atoms with Gasteiger partial charge in [0.15, 0.2) is 0 Å². The molecule has 178 valence electrons. The van der Waals surface area contributed by atoms with E-state index in [0.29, 0.717) is 36.0 Å². The zero-order valence-corrected chi connectivity index (χ0v) is 19.7. The smallest absolute Gasteiger partial charge is 0.345 e. The topological polar surface area (TPSA) is 140 Å². The Bertz CT molecular complexity index is 1080. The Hall–Kier alpha value is -2.89. The molecule has 1 amide bonds. The molecule has 1 aliphatic heterocycles. The van der Waals surface area contributed by atoms with Crippen LogP contribution >= 0.6 is 23.2 Å². The number of methoxy groups -OCH3 is 1. The number of rotatable bonds is 7. The third kappa shape index (κ3) is 5.21. The number of nitrogens with zero attached hydrogens (tertiary/aromatic N) is 3. The number of piperidine rings is 1. The largest absolute Gasteiger partial charge is 0.462 e. The van der Waals surface area contributed by atoms with Gasteiger partial charge in [-0.1, -0.05) is 23.2 Å².